The minimum atomic E-state index is -0.900. The molecule has 2 saturated heterocycles. The normalized spacial score (nSPS) is 24.6. The van der Waals surface area contributed by atoms with Crippen LogP contribution in [0.3, 0.4) is 0 Å². The van der Waals surface area contributed by atoms with E-state index in [1.807, 2.05) is 12.1 Å². The first kappa shape index (κ1) is 22.2. The zero-order chi connectivity index (χ0) is 22.8. The molecule has 2 aromatic carbocycles. The number of halogens is 2. The standard InChI is InChI=1S/C21H21Cl2N5O4/c1-32-15-5-3-2-4-13(15)25-21-27-18-17(20(31)28-21)11(9-16(29)26-18)19(30)24-14-8-10(22)6-7-12(14)23/h2-8,11,17-18,21,25,27H,9H2,1H3,(H,24,30)(H,26,29)(H,28,31). The van der Waals surface area contributed by atoms with Crippen LogP contribution < -0.4 is 31.3 Å². The van der Waals surface area contributed by atoms with Crippen LogP contribution in [-0.4, -0.2) is 37.3 Å². The largest absolute Gasteiger partial charge is 0.495 e. The number of methoxy groups -OCH3 is 1. The van der Waals surface area contributed by atoms with Crippen molar-refractivity contribution in [2.45, 2.75) is 18.9 Å². The highest BCUT2D eigenvalue weighted by Gasteiger charge is 2.48. The van der Waals surface area contributed by atoms with E-state index in [-0.39, 0.29) is 18.2 Å². The summed E-state index contributed by atoms with van der Waals surface area (Å²) < 4.78 is 5.31. The van der Waals surface area contributed by atoms with Crippen molar-refractivity contribution < 1.29 is 19.1 Å². The summed E-state index contributed by atoms with van der Waals surface area (Å²) in [5, 5.41) is 15.2. The molecule has 2 heterocycles. The minimum Gasteiger partial charge on any atom is -0.495 e. The Morgan fingerprint density at radius 2 is 1.88 bits per heavy atom. The Morgan fingerprint density at radius 3 is 2.66 bits per heavy atom. The number of anilines is 2. The molecule has 4 rings (SSSR count). The van der Waals surface area contributed by atoms with Gasteiger partial charge in [-0.05, 0) is 30.3 Å². The van der Waals surface area contributed by atoms with E-state index in [0.717, 1.165) is 0 Å². The second-order valence-corrected chi connectivity index (χ2v) is 8.29. The number of para-hydroxylation sites is 2. The van der Waals surface area contributed by atoms with Gasteiger partial charge in [-0.1, -0.05) is 35.3 Å². The van der Waals surface area contributed by atoms with Gasteiger partial charge in [0.1, 0.15) is 5.75 Å². The van der Waals surface area contributed by atoms with Crippen LogP contribution in [0.4, 0.5) is 11.4 Å². The molecule has 2 aliphatic heterocycles. The van der Waals surface area contributed by atoms with Gasteiger partial charge in [0.15, 0.2) is 6.29 Å². The summed E-state index contributed by atoms with van der Waals surface area (Å²) in [5.41, 5.74) is 0.963. The van der Waals surface area contributed by atoms with E-state index in [4.69, 9.17) is 27.9 Å². The van der Waals surface area contributed by atoms with Crippen molar-refractivity contribution in [3.63, 3.8) is 0 Å². The number of benzene rings is 2. The summed E-state index contributed by atoms with van der Waals surface area (Å²) in [6.45, 7) is 0. The van der Waals surface area contributed by atoms with Gasteiger partial charge in [-0.15, -0.1) is 0 Å². The molecular weight excluding hydrogens is 457 g/mol. The van der Waals surface area contributed by atoms with E-state index in [9.17, 15) is 14.4 Å². The number of carbonyl (C=O) groups excluding carboxylic acids is 3. The molecule has 5 N–H and O–H groups in total. The van der Waals surface area contributed by atoms with Gasteiger partial charge in [0.05, 0.1) is 41.5 Å². The monoisotopic (exact) mass is 477 g/mol. The molecule has 168 valence electrons. The quantitative estimate of drug-likeness (QED) is 0.449. The minimum absolute atomic E-state index is 0.134. The average molecular weight is 478 g/mol. The second kappa shape index (κ2) is 9.23. The predicted molar refractivity (Wildman–Crippen MR) is 120 cm³/mol. The smallest absolute Gasteiger partial charge is 0.229 e. The Bertz CT molecular complexity index is 1070. The molecule has 4 atom stereocenters. The van der Waals surface area contributed by atoms with Crippen molar-refractivity contribution >= 4 is 52.3 Å². The summed E-state index contributed by atoms with van der Waals surface area (Å²) in [6, 6.07) is 11.9. The second-order valence-electron chi connectivity index (χ2n) is 7.45. The average Bonchev–Trinajstić information content (AvgIpc) is 2.75. The molecule has 32 heavy (non-hydrogen) atoms. The van der Waals surface area contributed by atoms with Gasteiger partial charge in [0, 0.05) is 11.4 Å². The maximum absolute atomic E-state index is 13.0. The van der Waals surface area contributed by atoms with Crippen LogP contribution in [0.2, 0.25) is 10.0 Å². The molecule has 0 spiro atoms. The Balaban J connectivity index is 1.51. The highest BCUT2D eigenvalue weighted by atomic mass is 35.5. The van der Waals surface area contributed by atoms with E-state index in [0.29, 0.717) is 27.2 Å². The first-order chi connectivity index (χ1) is 15.4. The number of rotatable bonds is 5. The predicted octanol–water partition coefficient (Wildman–Crippen LogP) is 2.13. The van der Waals surface area contributed by atoms with Gasteiger partial charge in [-0.3, -0.25) is 19.7 Å². The number of hydrogen-bond donors (Lipinski definition) is 5. The molecule has 3 amide bonds. The fourth-order valence-electron chi connectivity index (χ4n) is 3.89. The molecule has 9 nitrogen and oxygen atoms in total. The van der Waals surface area contributed by atoms with E-state index >= 15 is 0 Å². The number of fused-ring (bicyclic) bond motifs is 1. The number of nitrogens with one attached hydrogen (secondary N) is 5. The summed E-state index contributed by atoms with van der Waals surface area (Å²) in [5.74, 6) is -2.34. The van der Waals surface area contributed by atoms with Gasteiger partial charge in [0.25, 0.3) is 0 Å². The molecule has 0 saturated carbocycles. The molecule has 0 bridgehead atoms. The maximum atomic E-state index is 13.0. The van der Waals surface area contributed by atoms with Crippen molar-refractivity contribution in [3.05, 3.63) is 52.5 Å². The van der Waals surface area contributed by atoms with Gasteiger partial charge >= 0.3 is 0 Å². The highest BCUT2D eigenvalue weighted by Crippen LogP contribution is 2.31. The Kier molecular flexibility index (Phi) is 6.40. The van der Waals surface area contributed by atoms with Crippen molar-refractivity contribution in [1.82, 2.24) is 16.0 Å². The lowest BCUT2D eigenvalue weighted by Gasteiger charge is -2.43. The first-order valence-electron chi connectivity index (χ1n) is 9.87. The van der Waals surface area contributed by atoms with Crippen molar-refractivity contribution in [1.29, 1.82) is 0 Å². The molecule has 0 radical (unpaired) electrons. The SMILES string of the molecule is COc1ccccc1NC1NC(=O)C2C(NC(=O)CC2C(=O)Nc2cc(Cl)ccc2Cl)N1. The van der Waals surface area contributed by atoms with Crippen molar-refractivity contribution in [3.8, 4) is 5.75 Å². The third kappa shape index (κ3) is 4.59. The van der Waals surface area contributed by atoms with E-state index < -0.39 is 30.2 Å². The Hall–Kier alpha value is -3.01. The third-order valence-corrected chi connectivity index (χ3v) is 5.94. The maximum Gasteiger partial charge on any atom is 0.229 e. The van der Waals surface area contributed by atoms with E-state index in [1.165, 1.54) is 6.07 Å². The van der Waals surface area contributed by atoms with Crippen LogP contribution in [0.1, 0.15) is 6.42 Å². The van der Waals surface area contributed by atoms with Crippen LogP contribution in [0.25, 0.3) is 0 Å². The van der Waals surface area contributed by atoms with Gasteiger partial charge in [-0.2, -0.15) is 0 Å². The number of amides is 3. The fourth-order valence-corrected chi connectivity index (χ4v) is 4.23. The molecule has 2 aliphatic rings. The molecular formula is C21H21Cl2N5O4. The molecule has 11 heteroatoms. The molecule has 0 aliphatic carbocycles. The summed E-state index contributed by atoms with van der Waals surface area (Å²) in [6.07, 6.45) is -1.57. The topological polar surface area (TPSA) is 121 Å². The molecule has 2 aromatic rings. The van der Waals surface area contributed by atoms with Gasteiger partial charge in [0.2, 0.25) is 17.7 Å². The van der Waals surface area contributed by atoms with E-state index in [1.54, 1.807) is 31.4 Å². The van der Waals surface area contributed by atoms with E-state index in [2.05, 4.69) is 26.6 Å². The zero-order valence-electron chi connectivity index (χ0n) is 16.9. The molecule has 0 aromatic heterocycles. The number of ether oxygens (including phenoxy) is 1. The fraction of sp³-hybridized carbons (Fsp3) is 0.286. The summed E-state index contributed by atoms with van der Waals surface area (Å²) in [4.78, 5) is 38.3. The van der Waals surface area contributed by atoms with Crippen LogP contribution in [-0.2, 0) is 14.4 Å². The van der Waals surface area contributed by atoms with Gasteiger partial charge < -0.3 is 26.0 Å². The van der Waals surface area contributed by atoms with Crippen LogP contribution in [0.15, 0.2) is 42.5 Å². The molecule has 4 unspecified atom stereocenters. The Morgan fingerprint density at radius 1 is 1.09 bits per heavy atom. The van der Waals surface area contributed by atoms with Crippen molar-refractivity contribution in [2.24, 2.45) is 11.8 Å². The third-order valence-electron chi connectivity index (χ3n) is 5.38. The lowest BCUT2D eigenvalue weighted by Crippen LogP contribution is -2.72. The number of hydrogen-bond acceptors (Lipinski definition) is 6. The lowest BCUT2D eigenvalue weighted by atomic mass is 9.81. The van der Waals surface area contributed by atoms with Crippen molar-refractivity contribution in [2.75, 3.05) is 17.7 Å². The summed E-state index contributed by atoms with van der Waals surface area (Å²) >= 11 is 12.1. The molecule has 2 fully saturated rings. The zero-order valence-corrected chi connectivity index (χ0v) is 18.5. The van der Waals surface area contributed by atoms with Crippen LogP contribution in [0, 0.1) is 11.8 Å². The highest BCUT2D eigenvalue weighted by molar-refractivity contribution is 6.35. The Labute approximate surface area is 194 Å². The van der Waals surface area contributed by atoms with Crippen LogP contribution >= 0.6 is 23.2 Å². The van der Waals surface area contributed by atoms with Gasteiger partial charge in [-0.25, -0.2) is 0 Å². The first-order valence-corrected chi connectivity index (χ1v) is 10.6. The summed E-state index contributed by atoms with van der Waals surface area (Å²) in [7, 11) is 1.54. The number of carbonyl (C=O) groups is 3. The van der Waals surface area contributed by atoms with Crippen LogP contribution in [0.5, 0.6) is 5.75 Å². The lowest BCUT2D eigenvalue weighted by molar-refractivity contribution is -0.144. The number of piperidine rings is 1.